The molecule has 0 aliphatic rings. The molecule has 6 nitrogen and oxygen atoms in total. The van der Waals surface area contributed by atoms with E-state index in [-0.39, 0.29) is 12.3 Å². The maximum absolute atomic E-state index is 12.3. The molecule has 0 unspecified atom stereocenters. The summed E-state index contributed by atoms with van der Waals surface area (Å²) in [7, 11) is -3.31. The van der Waals surface area contributed by atoms with Crippen molar-refractivity contribution in [2.45, 2.75) is 20.3 Å². The Morgan fingerprint density at radius 2 is 1.61 bits per heavy atom. The van der Waals surface area contributed by atoms with Gasteiger partial charge in [0.15, 0.2) is 0 Å². The normalized spacial score (nSPS) is 11.2. The van der Waals surface area contributed by atoms with Crippen LogP contribution in [-0.4, -0.2) is 25.6 Å². The third kappa shape index (κ3) is 5.40. The molecule has 146 valence electrons. The third-order valence-corrected chi connectivity index (χ3v) is 5.53. The van der Waals surface area contributed by atoms with Crippen LogP contribution in [0.15, 0.2) is 48.5 Å². The number of nitrogens with zero attached hydrogens (tertiary/aromatic N) is 1. The van der Waals surface area contributed by atoms with Gasteiger partial charge in [-0.05, 0) is 38.1 Å². The van der Waals surface area contributed by atoms with Crippen LogP contribution in [0.4, 0.5) is 11.4 Å². The van der Waals surface area contributed by atoms with Gasteiger partial charge in [-0.25, -0.2) is 13.4 Å². The van der Waals surface area contributed by atoms with Gasteiger partial charge < -0.3 is 5.32 Å². The number of sulfonamides is 1. The van der Waals surface area contributed by atoms with E-state index in [0.29, 0.717) is 5.69 Å². The molecule has 28 heavy (non-hydrogen) atoms. The molecule has 3 aromatic rings. The van der Waals surface area contributed by atoms with Crippen molar-refractivity contribution in [3.05, 3.63) is 64.0 Å². The fourth-order valence-corrected chi connectivity index (χ4v) is 4.20. The van der Waals surface area contributed by atoms with E-state index in [1.807, 2.05) is 50.2 Å². The van der Waals surface area contributed by atoms with Crippen molar-refractivity contribution in [1.82, 2.24) is 4.98 Å². The second-order valence-corrected chi connectivity index (χ2v) is 9.59. The van der Waals surface area contributed by atoms with Crippen molar-refractivity contribution in [2.24, 2.45) is 0 Å². The number of carbonyl (C=O) groups excluding carboxylic acids is 1. The van der Waals surface area contributed by atoms with Gasteiger partial charge in [0.05, 0.1) is 18.4 Å². The molecule has 1 amide bonds. The van der Waals surface area contributed by atoms with Gasteiger partial charge in [-0.3, -0.25) is 9.52 Å². The number of benzene rings is 2. The van der Waals surface area contributed by atoms with Crippen LogP contribution in [0.1, 0.15) is 15.4 Å². The monoisotopic (exact) mass is 415 g/mol. The molecule has 0 fully saturated rings. The van der Waals surface area contributed by atoms with Crippen LogP contribution in [0, 0.1) is 13.8 Å². The van der Waals surface area contributed by atoms with Crippen molar-refractivity contribution in [3.8, 4) is 11.3 Å². The van der Waals surface area contributed by atoms with Gasteiger partial charge in [0, 0.05) is 21.8 Å². The zero-order valence-corrected chi connectivity index (χ0v) is 17.4. The van der Waals surface area contributed by atoms with E-state index in [9.17, 15) is 13.2 Å². The lowest BCUT2D eigenvalue weighted by atomic mass is 10.1. The molecule has 0 spiro atoms. The summed E-state index contributed by atoms with van der Waals surface area (Å²) in [5.41, 5.74) is 4.07. The van der Waals surface area contributed by atoms with Gasteiger partial charge in [0.25, 0.3) is 0 Å². The van der Waals surface area contributed by atoms with Crippen molar-refractivity contribution in [1.29, 1.82) is 0 Å². The number of amides is 1. The molecule has 2 aromatic carbocycles. The molecular weight excluding hydrogens is 394 g/mol. The van der Waals surface area contributed by atoms with E-state index in [2.05, 4.69) is 15.0 Å². The van der Waals surface area contributed by atoms with Gasteiger partial charge in [-0.1, -0.05) is 29.8 Å². The lowest BCUT2D eigenvalue weighted by molar-refractivity contribution is -0.115. The molecule has 1 heterocycles. The Labute approximate surface area is 168 Å². The highest BCUT2D eigenvalue weighted by atomic mass is 32.2. The molecular formula is C20H21N3O3S2. The van der Waals surface area contributed by atoms with Crippen molar-refractivity contribution < 1.29 is 13.2 Å². The van der Waals surface area contributed by atoms with Gasteiger partial charge in [-0.2, -0.15) is 0 Å². The Hall–Kier alpha value is -2.71. The molecule has 0 aliphatic carbocycles. The van der Waals surface area contributed by atoms with Gasteiger partial charge in [0.1, 0.15) is 5.01 Å². The fraction of sp³-hybridized carbons (Fsp3) is 0.200. The number of carbonyl (C=O) groups is 1. The Kier molecular flexibility index (Phi) is 5.81. The lowest BCUT2D eigenvalue weighted by Crippen LogP contribution is -2.14. The Morgan fingerprint density at radius 1 is 1.00 bits per heavy atom. The van der Waals surface area contributed by atoms with Crippen molar-refractivity contribution in [3.63, 3.8) is 0 Å². The van der Waals surface area contributed by atoms with Crippen LogP contribution in [0.25, 0.3) is 11.3 Å². The van der Waals surface area contributed by atoms with E-state index in [1.165, 1.54) is 11.3 Å². The number of rotatable bonds is 6. The highest BCUT2D eigenvalue weighted by Gasteiger charge is 2.13. The average Bonchev–Trinajstić information content (AvgIpc) is 2.96. The van der Waals surface area contributed by atoms with Gasteiger partial charge in [-0.15, -0.1) is 11.3 Å². The quantitative estimate of drug-likeness (QED) is 0.637. The van der Waals surface area contributed by atoms with E-state index in [0.717, 1.165) is 38.6 Å². The Balaban J connectivity index is 1.70. The molecule has 3 rings (SSSR count). The Bertz CT molecular complexity index is 1090. The van der Waals surface area contributed by atoms with Crippen LogP contribution >= 0.6 is 11.3 Å². The van der Waals surface area contributed by atoms with Crippen LogP contribution in [0.3, 0.4) is 0 Å². The van der Waals surface area contributed by atoms with E-state index >= 15 is 0 Å². The first-order valence-corrected chi connectivity index (χ1v) is 11.3. The van der Waals surface area contributed by atoms with Crippen molar-refractivity contribution >= 4 is 38.6 Å². The summed E-state index contributed by atoms with van der Waals surface area (Å²) >= 11 is 1.48. The molecule has 0 aliphatic heterocycles. The smallest absolute Gasteiger partial charge is 0.231 e. The molecule has 0 atom stereocenters. The predicted octanol–water partition coefficient (Wildman–Crippen LogP) is 3.98. The predicted molar refractivity (Wildman–Crippen MR) is 114 cm³/mol. The first-order chi connectivity index (χ1) is 13.2. The first-order valence-electron chi connectivity index (χ1n) is 8.61. The first kappa shape index (κ1) is 20.0. The SMILES string of the molecule is Cc1ccc(NC(=O)Cc2nc(-c3ccc(NS(C)(=O)=O)cc3)c(C)s2)cc1. The number of anilines is 2. The zero-order chi connectivity index (χ0) is 20.3. The number of thiazole rings is 1. The molecule has 0 bridgehead atoms. The number of aryl methyl sites for hydroxylation is 2. The summed E-state index contributed by atoms with van der Waals surface area (Å²) < 4.78 is 25.0. The summed E-state index contributed by atoms with van der Waals surface area (Å²) in [5, 5.41) is 3.61. The number of aromatic nitrogens is 1. The van der Waals surface area contributed by atoms with E-state index in [4.69, 9.17) is 0 Å². The highest BCUT2D eigenvalue weighted by molar-refractivity contribution is 7.92. The Morgan fingerprint density at radius 3 is 2.21 bits per heavy atom. The summed E-state index contributed by atoms with van der Waals surface area (Å²) in [6.07, 6.45) is 1.31. The molecule has 0 radical (unpaired) electrons. The maximum Gasteiger partial charge on any atom is 0.231 e. The van der Waals surface area contributed by atoms with Crippen LogP contribution in [0.2, 0.25) is 0 Å². The summed E-state index contributed by atoms with van der Waals surface area (Å²) in [4.78, 5) is 17.9. The fourth-order valence-electron chi connectivity index (χ4n) is 2.68. The topological polar surface area (TPSA) is 88.2 Å². The molecule has 2 N–H and O–H groups in total. The van der Waals surface area contributed by atoms with Gasteiger partial charge >= 0.3 is 0 Å². The minimum Gasteiger partial charge on any atom is -0.326 e. The minimum absolute atomic E-state index is 0.114. The van der Waals surface area contributed by atoms with Crippen LogP contribution < -0.4 is 10.0 Å². The number of nitrogens with one attached hydrogen (secondary N) is 2. The largest absolute Gasteiger partial charge is 0.326 e. The molecule has 0 saturated heterocycles. The summed E-state index contributed by atoms with van der Waals surface area (Å²) in [6, 6.07) is 14.7. The van der Waals surface area contributed by atoms with Crippen LogP contribution in [-0.2, 0) is 21.2 Å². The summed E-state index contributed by atoms with van der Waals surface area (Å²) in [5.74, 6) is -0.114. The standard InChI is InChI=1S/C20H21N3O3S2/c1-13-4-8-16(9-5-13)21-18(24)12-19-22-20(14(2)27-19)15-6-10-17(11-7-15)23-28(3,25)26/h4-11,23H,12H2,1-3H3,(H,21,24). The third-order valence-electron chi connectivity index (χ3n) is 3.95. The summed E-state index contributed by atoms with van der Waals surface area (Å²) in [6.45, 7) is 3.95. The molecule has 0 saturated carbocycles. The number of hydrogen-bond acceptors (Lipinski definition) is 5. The molecule has 1 aromatic heterocycles. The maximum atomic E-state index is 12.3. The second kappa shape index (κ2) is 8.12. The lowest BCUT2D eigenvalue weighted by Gasteiger charge is -2.05. The molecule has 8 heteroatoms. The zero-order valence-electron chi connectivity index (χ0n) is 15.8. The van der Waals surface area contributed by atoms with E-state index in [1.54, 1.807) is 12.1 Å². The second-order valence-electron chi connectivity index (χ2n) is 6.55. The minimum atomic E-state index is -3.31. The number of hydrogen-bond donors (Lipinski definition) is 2. The average molecular weight is 416 g/mol. The highest BCUT2D eigenvalue weighted by Crippen LogP contribution is 2.29. The van der Waals surface area contributed by atoms with Crippen LogP contribution in [0.5, 0.6) is 0 Å². The van der Waals surface area contributed by atoms with Gasteiger partial charge in [0.2, 0.25) is 15.9 Å². The van der Waals surface area contributed by atoms with Crippen molar-refractivity contribution in [2.75, 3.05) is 16.3 Å². The van der Waals surface area contributed by atoms with E-state index < -0.39 is 10.0 Å².